The van der Waals surface area contributed by atoms with Crippen molar-refractivity contribution in [2.24, 2.45) is 5.92 Å². The largest absolute Gasteiger partial charge is 0.444 e. The molecule has 1 aromatic rings. The Morgan fingerprint density at radius 3 is 3.00 bits per heavy atom. The van der Waals surface area contributed by atoms with Crippen molar-refractivity contribution < 1.29 is 13.9 Å². The lowest BCUT2D eigenvalue weighted by atomic mass is 9.97. The van der Waals surface area contributed by atoms with E-state index in [0.717, 1.165) is 31.6 Å². The maximum Gasteiger partial charge on any atom is 0.407 e. The fraction of sp³-hybridized carbons (Fsp3) is 0.625. The smallest absolute Gasteiger partial charge is 0.407 e. The first-order valence-electron chi connectivity index (χ1n) is 7.67. The summed E-state index contributed by atoms with van der Waals surface area (Å²) in [5, 5.41) is 2.82. The van der Waals surface area contributed by atoms with Crippen LogP contribution in [-0.4, -0.2) is 36.3 Å². The molecule has 1 aliphatic rings. The van der Waals surface area contributed by atoms with Gasteiger partial charge < -0.3 is 15.0 Å². The molecule has 0 aromatic carbocycles. The highest BCUT2D eigenvalue weighted by atomic mass is 19.1. The summed E-state index contributed by atoms with van der Waals surface area (Å²) in [5.74, 6) is -0.135. The Labute approximate surface area is 130 Å². The molecule has 1 aliphatic heterocycles. The van der Waals surface area contributed by atoms with Gasteiger partial charge in [-0.05, 0) is 45.6 Å². The minimum Gasteiger partial charge on any atom is -0.444 e. The monoisotopic (exact) mass is 309 g/mol. The van der Waals surface area contributed by atoms with Crippen LogP contribution in [0.15, 0.2) is 18.3 Å². The molecule has 0 bridgehead atoms. The van der Waals surface area contributed by atoms with Gasteiger partial charge in [0.15, 0.2) is 0 Å². The number of rotatable bonds is 3. The van der Waals surface area contributed by atoms with E-state index in [-0.39, 0.29) is 6.09 Å². The third kappa shape index (κ3) is 5.16. The predicted molar refractivity (Wildman–Crippen MR) is 83.4 cm³/mol. The average molecular weight is 309 g/mol. The number of pyridine rings is 1. The Morgan fingerprint density at radius 2 is 2.32 bits per heavy atom. The number of carbonyl (C=O) groups is 1. The van der Waals surface area contributed by atoms with E-state index in [1.54, 1.807) is 0 Å². The van der Waals surface area contributed by atoms with Crippen molar-refractivity contribution in [3.63, 3.8) is 0 Å². The van der Waals surface area contributed by atoms with Crippen LogP contribution in [0.1, 0.15) is 33.6 Å². The van der Waals surface area contributed by atoms with Gasteiger partial charge in [-0.25, -0.2) is 9.78 Å². The Hall–Kier alpha value is -1.85. The third-order valence-electron chi connectivity index (χ3n) is 3.53. The third-order valence-corrected chi connectivity index (χ3v) is 3.53. The molecule has 1 amide bonds. The molecule has 2 heterocycles. The van der Waals surface area contributed by atoms with Crippen LogP contribution < -0.4 is 10.2 Å². The molecule has 0 saturated carbocycles. The second-order valence-electron chi connectivity index (χ2n) is 6.67. The zero-order chi connectivity index (χ0) is 16.2. The van der Waals surface area contributed by atoms with E-state index in [1.807, 2.05) is 26.8 Å². The molecule has 1 fully saturated rings. The molecule has 1 saturated heterocycles. The highest BCUT2D eigenvalue weighted by molar-refractivity contribution is 5.67. The van der Waals surface area contributed by atoms with Crippen LogP contribution in [0.5, 0.6) is 0 Å². The van der Waals surface area contributed by atoms with Crippen molar-refractivity contribution >= 4 is 11.8 Å². The molecule has 5 nitrogen and oxygen atoms in total. The summed E-state index contributed by atoms with van der Waals surface area (Å²) in [6.45, 7) is 7.78. The molecule has 1 N–H and O–H groups in total. The standard InChI is InChI=1S/C16H24FN3O2/c1-16(2,3)22-15(21)19-10-12-5-4-8-20(11-12)13-6-7-18-14(17)9-13/h6-7,9,12H,4-5,8,10-11H2,1-3H3,(H,19,21)/t12-/m0/s1. The van der Waals surface area contributed by atoms with Crippen LogP contribution in [0.25, 0.3) is 0 Å². The molecule has 122 valence electrons. The summed E-state index contributed by atoms with van der Waals surface area (Å²) in [7, 11) is 0. The molecule has 1 atom stereocenters. The van der Waals surface area contributed by atoms with Crippen molar-refractivity contribution in [1.82, 2.24) is 10.3 Å². The van der Waals surface area contributed by atoms with Crippen LogP contribution in [0.2, 0.25) is 0 Å². The summed E-state index contributed by atoms with van der Waals surface area (Å²) >= 11 is 0. The minimum atomic E-state index is -0.489. The number of ether oxygens (including phenoxy) is 1. The molecular formula is C16H24FN3O2. The van der Waals surface area contributed by atoms with Gasteiger partial charge in [0.1, 0.15) is 5.60 Å². The number of aromatic nitrogens is 1. The number of amides is 1. The highest BCUT2D eigenvalue weighted by Crippen LogP contribution is 2.22. The maximum atomic E-state index is 13.2. The van der Waals surface area contributed by atoms with Gasteiger partial charge in [0.25, 0.3) is 0 Å². The second kappa shape index (κ2) is 6.94. The van der Waals surface area contributed by atoms with Crippen molar-refractivity contribution in [1.29, 1.82) is 0 Å². The molecule has 6 heteroatoms. The number of hydrogen-bond acceptors (Lipinski definition) is 4. The van der Waals surface area contributed by atoms with Crippen LogP contribution >= 0.6 is 0 Å². The quantitative estimate of drug-likeness (QED) is 0.872. The fourth-order valence-electron chi connectivity index (χ4n) is 2.60. The van der Waals surface area contributed by atoms with Gasteiger partial charge in [0.2, 0.25) is 5.95 Å². The van der Waals surface area contributed by atoms with E-state index in [2.05, 4.69) is 15.2 Å². The first kappa shape index (κ1) is 16.5. The van der Waals surface area contributed by atoms with Crippen LogP contribution in [0, 0.1) is 11.9 Å². The number of nitrogens with one attached hydrogen (secondary N) is 1. The van der Waals surface area contributed by atoms with Crippen molar-refractivity contribution in [2.75, 3.05) is 24.5 Å². The van der Waals surface area contributed by atoms with E-state index in [0.29, 0.717) is 12.5 Å². The number of piperidine rings is 1. The van der Waals surface area contributed by atoms with Crippen LogP contribution in [0.3, 0.4) is 0 Å². The molecule has 0 unspecified atom stereocenters. The first-order chi connectivity index (χ1) is 10.3. The maximum absolute atomic E-state index is 13.2. The molecule has 0 radical (unpaired) electrons. The van der Waals surface area contributed by atoms with Gasteiger partial charge in [-0.1, -0.05) is 0 Å². The number of carbonyl (C=O) groups excluding carboxylic acids is 1. The molecule has 22 heavy (non-hydrogen) atoms. The summed E-state index contributed by atoms with van der Waals surface area (Å²) in [5.41, 5.74) is 0.353. The van der Waals surface area contributed by atoms with E-state index < -0.39 is 11.5 Å². The zero-order valence-corrected chi connectivity index (χ0v) is 13.4. The van der Waals surface area contributed by atoms with E-state index in [1.165, 1.54) is 12.3 Å². The first-order valence-corrected chi connectivity index (χ1v) is 7.67. The Balaban J connectivity index is 1.85. The number of nitrogens with zero attached hydrogens (tertiary/aromatic N) is 2. The summed E-state index contributed by atoms with van der Waals surface area (Å²) in [6, 6.07) is 3.26. The Morgan fingerprint density at radius 1 is 1.55 bits per heavy atom. The van der Waals surface area contributed by atoms with Crippen molar-refractivity contribution in [3.05, 3.63) is 24.3 Å². The molecule has 1 aromatic heterocycles. The molecule has 0 spiro atoms. The topological polar surface area (TPSA) is 54.5 Å². The van der Waals surface area contributed by atoms with Crippen molar-refractivity contribution in [2.45, 2.75) is 39.2 Å². The molecular weight excluding hydrogens is 285 g/mol. The lowest BCUT2D eigenvalue weighted by Crippen LogP contribution is -2.42. The summed E-state index contributed by atoms with van der Waals surface area (Å²) in [6.07, 6.45) is 3.15. The number of anilines is 1. The van der Waals surface area contributed by atoms with E-state index in [9.17, 15) is 9.18 Å². The second-order valence-corrected chi connectivity index (χ2v) is 6.67. The minimum absolute atomic E-state index is 0.331. The van der Waals surface area contributed by atoms with Gasteiger partial charge in [-0.15, -0.1) is 0 Å². The summed E-state index contributed by atoms with van der Waals surface area (Å²) in [4.78, 5) is 17.4. The van der Waals surface area contributed by atoms with Crippen LogP contribution in [0.4, 0.5) is 14.9 Å². The molecule has 2 rings (SSSR count). The molecule has 0 aliphatic carbocycles. The van der Waals surface area contributed by atoms with Gasteiger partial charge in [-0.2, -0.15) is 4.39 Å². The highest BCUT2D eigenvalue weighted by Gasteiger charge is 2.22. The van der Waals surface area contributed by atoms with E-state index in [4.69, 9.17) is 4.74 Å². The van der Waals surface area contributed by atoms with Gasteiger partial charge in [-0.3, -0.25) is 0 Å². The van der Waals surface area contributed by atoms with Crippen molar-refractivity contribution in [3.8, 4) is 0 Å². The number of hydrogen-bond donors (Lipinski definition) is 1. The predicted octanol–water partition coefficient (Wildman–Crippen LogP) is 2.96. The lowest BCUT2D eigenvalue weighted by Gasteiger charge is -2.34. The Kier molecular flexibility index (Phi) is 5.21. The fourth-order valence-corrected chi connectivity index (χ4v) is 2.60. The van der Waals surface area contributed by atoms with Crippen LogP contribution in [-0.2, 0) is 4.74 Å². The lowest BCUT2D eigenvalue weighted by molar-refractivity contribution is 0.0517. The normalized spacial score (nSPS) is 18.9. The van der Waals surface area contributed by atoms with Gasteiger partial charge in [0.05, 0.1) is 0 Å². The number of halogens is 1. The average Bonchev–Trinajstić information content (AvgIpc) is 2.44. The van der Waals surface area contributed by atoms with Gasteiger partial charge >= 0.3 is 6.09 Å². The van der Waals surface area contributed by atoms with Gasteiger partial charge in [0, 0.05) is 37.6 Å². The van der Waals surface area contributed by atoms with E-state index >= 15 is 0 Å². The summed E-state index contributed by atoms with van der Waals surface area (Å²) < 4.78 is 18.5. The zero-order valence-electron chi connectivity index (χ0n) is 13.4. The SMILES string of the molecule is CC(C)(C)OC(=O)NC[C@@H]1CCCN(c2ccnc(F)c2)C1. The number of alkyl carbamates (subject to hydrolysis) is 1. The Bertz CT molecular complexity index is 516.